The first-order valence-electron chi connectivity index (χ1n) is 5.81. The van der Waals surface area contributed by atoms with Gasteiger partial charge in [0.05, 0.1) is 12.5 Å². The Morgan fingerprint density at radius 1 is 1.39 bits per heavy atom. The molecule has 3 rings (SSSR count). The number of hydrogen-bond donors (Lipinski definition) is 0. The second kappa shape index (κ2) is 3.77. The van der Waals surface area contributed by atoms with Crippen LogP contribution in [0.25, 0.3) is 10.9 Å². The highest BCUT2D eigenvalue weighted by Crippen LogP contribution is 2.51. The molecule has 1 heterocycles. The predicted octanol–water partition coefficient (Wildman–Crippen LogP) is 2.58. The SMILES string of the molecule is COC(=O)C1(c2ccc(F)c3ncccc23)CC1. The summed E-state index contributed by atoms with van der Waals surface area (Å²) in [5.74, 6) is -0.616. The summed E-state index contributed by atoms with van der Waals surface area (Å²) < 4.78 is 18.5. The van der Waals surface area contributed by atoms with Gasteiger partial charge in [-0.1, -0.05) is 12.1 Å². The van der Waals surface area contributed by atoms with Gasteiger partial charge in [0, 0.05) is 11.6 Å². The van der Waals surface area contributed by atoms with Crippen molar-refractivity contribution in [2.45, 2.75) is 18.3 Å². The van der Waals surface area contributed by atoms with Gasteiger partial charge in [-0.25, -0.2) is 4.39 Å². The second-order valence-electron chi connectivity index (χ2n) is 4.57. The first-order chi connectivity index (χ1) is 8.69. The van der Waals surface area contributed by atoms with Crippen molar-refractivity contribution in [2.75, 3.05) is 7.11 Å². The molecule has 1 aromatic carbocycles. The molecule has 0 saturated heterocycles. The number of benzene rings is 1. The molecule has 1 fully saturated rings. The van der Waals surface area contributed by atoms with Crippen LogP contribution in [-0.4, -0.2) is 18.1 Å². The minimum atomic E-state index is -0.594. The highest BCUT2D eigenvalue weighted by Gasteiger charge is 2.53. The van der Waals surface area contributed by atoms with E-state index in [1.165, 1.54) is 13.2 Å². The van der Waals surface area contributed by atoms with Crippen molar-refractivity contribution in [1.82, 2.24) is 4.98 Å². The molecule has 0 amide bonds. The number of rotatable bonds is 2. The minimum Gasteiger partial charge on any atom is -0.468 e. The van der Waals surface area contributed by atoms with Crippen LogP contribution >= 0.6 is 0 Å². The van der Waals surface area contributed by atoms with Crippen LogP contribution in [0.2, 0.25) is 0 Å². The third kappa shape index (κ3) is 1.41. The first kappa shape index (κ1) is 11.1. The fourth-order valence-corrected chi connectivity index (χ4v) is 2.46. The maximum atomic E-state index is 13.7. The molecule has 1 aromatic heterocycles. The van der Waals surface area contributed by atoms with Crippen LogP contribution in [-0.2, 0) is 14.9 Å². The molecular formula is C14H12FNO2. The number of ether oxygens (including phenoxy) is 1. The van der Waals surface area contributed by atoms with E-state index in [0.717, 1.165) is 18.4 Å². The molecule has 18 heavy (non-hydrogen) atoms. The van der Waals surface area contributed by atoms with E-state index in [2.05, 4.69) is 4.98 Å². The van der Waals surface area contributed by atoms with Gasteiger partial charge < -0.3 is 4.74 Å². The summed E-state index contributed by atoms with van der Waals surface area (Å²) in [7, 11) is 1.38. The average Bonchev–Trinajstić information content (AvgIpc) is 3.20. The predicted molar refractivity (Wildman–Crippen MR) is 64.6 cm³/mol. The van der Waals surface area contributed by atoms with E-state index in [1.807, 2.05) is 0 Å². The Kier molecular flexibility index (Phi) is 2.33. The van der Waals surface area contributed by atoms with Crippen LogP contribution in [0.3, 0.4) is 0 Å². The Labute approximate surface area is 104 Å². The molecule has 2 aromatic rings. The van der Waals surface area contributed by atoms with Crippen molar-refractivity contribution in [3.05, 3.63) is 41.8 Å². The smallest absolute Gasteiger partial charge is 0.316 e. The molecule has 4 heteroatoms. The fraction of sp³-hybridized carbons (Fsp3) is 0.286. The molecule has 0 N–H and O–H groups in total. The summed E-state index contributed by atoms with van der Waals surface area (Å²) in [6.07, 6.45) is 3.04. The van der Waals surface area contributed by atoms with Crippen molar-refractivity contribution in [3.8, 4) is 0 Å². The van der Waals surface area contributed by atoms with Crippen LogP contribution in [0, 0.1) is 5.82 Å². The summed E-state index contributed by atoms with van der Waals surface area (Å²) in [5.41, 5.74) is 0.535. The highest BCUT2D eigenvalue weighted by molar-refractivity contribution is 5.94. The van der Waals surface area contributed by atoms with E-state index in [4.69, 9.17) is 4.74 Å². The van der Waals surface area contributed by atoms with Crippen molar-refractivity contribution >= 4 is 16.9 Å². The molecule has 0 spiro atoms. The number of methoxy groups -OCH3 is 1. The highest BCUT2D eigenvalue weighted by atomic mass is 19.1. The average molecular weight is 245 g/mol. The van der Waals surface area contributed by atoms with Crippen molar-refractivity contribution in [2.24, 2.45) is 0 Å². The number of nitrogens with zero attached hydrogens (tertiary/aromatic N) is 1. The summed E-state index contributed by atoms with van der Waals surface area (Å²) in [5, 5.41) is 0.695. The molecule has 1 saturated carbocycles. The monoisotopic (exact) mass is 245 g/mol. The molecule has 3 nitrogen and oxygen atoms in total. The Bertz CT molecular complexity index is 635. The van der Waals surface area contributed by atoms with Gasteiger partial charge in [-0.3, -0.25) is 9.78 Å². The van der Waals surface area contributed by atoms with Crippen molar-refractivity contribution in [3.63, 3.8) is 0 Å². The Morgan fingerprint density at radius 3 is 2.83 bits per heavy atom. The Morgan fingerprint density at radius 2 is 2.17 bits per heavy atom. The Balaban J connectivity index is 2.25. The summed E-state index contributed by atoms with van der Waals surface area (Å²) in [4.78, 5) is 15.9. The Hall–Kier alpha value is -1.97. The van der Waals surface area contributed by atoms with Gasteiger partial charge in [0.15, 0.2) is 0 Å². The molecular weight excluding hydrogens is 233 g/mol. The number of esters is 1. The lowest BCUT2D eigenvalue weighted by Gasteiger charge is -2.15. The maximum absolute atomic E-state index is 13.7. The maximum Gasteiger partial charge on any atom is 0.316 e. The largest absolute Gasteiger partial charge is 0.468 e. The van der Waals surface area contributed by atoms with Crippen molar-refractivity contribution < 1.29 is 13.9 Å². The second-order valence-corrected chi connectivity index (χ2v) is 4.57. The number of pyridine rings is 1. The molecule has 92 valence electrons. The molecule has 0 radical (unpaired) electrons. The fourth-order valence-electron chi connectivity index (χ4n) is 2.46. The van der Waals surface area contributed by atoms with Gasteiger partial charge in [0.1, 0.15) is 11.3 Å². The van der Waals surface area contributed by atoms with Crippen LogP contribution in [0.15, 0.2) is 30.5 Å². The first-order valence-corrected chi connectivity index (χ1v) is 5.81. The van der Waals surface area contributed by atoms with E-state index in [9.17, 15) is 9.18 Å². The zero-order valence-corrected chi connectivity index (χ0v) is 9.94. The number of aromatic nitrogens is 1. The molecule has 0 bridgehead atoms. The number of halogens is 1. The summed E-state index contributed by atoms with van der Waals surface area (Å²) in [6, 6.07) is 6.58. The molecule has 0 atom stereocenters. The minimum absolute atomic E-state index is 0.251. The lowest BCUT2D eigenvalue weighted by molar-refractivity contribution is -0.143. The lowest BCUT2D eigenvalue weighted by Crippen LogP contribution is -2.22. The zero-order valence-electron chi connectivity index (χ0n) is 9.94. The lowest BCUT2D eigenvalue weighted by atomic mass is 9.92. The normalized spacial score (nSPS) is 16.6. The summed E-state index contributed by atoms with van der Waals surface area (Å²) >= 11 is 0. The number of carbonyl (C=O) groups is 1. The van der Waals surface area contributed by atoms with E-state index in [-0.39, 0.29) is 11.8 Å². The van der Waals surface area contributed by atoms with E-state index >= 15 is 0 Å². The van der Waals surface area contributed by atoms with Gasteiger partial charge in [0.2, 0.25) is 0 Å². The van der Waals surface area contributed by atoms with Crippen LogP contribution in [0.4, 0.5) is 4.39 Å². The van der Waals surface area contributed by atoms with E-state index in [1.54, 1.807) is 24.4 Å². The summed E-state index contributed by atoms with van der Waals surface area (Å²) in [6.45, 7) is 0. The van der Waals surface area contributed by atoms with E-state index < -0.39 is 5.41 Å². The topological polar surface area (TPSA) is 39.2 Å². The van der Waals surface area contributed by atoms with Crippen LogP contribution in [0.5, 0.6) is 0 Å². The van der Waals surface area contributed by atoms with Gasteiger partial charge in [-0.2, -0.15) is 0 Å². The quantitative estimate of drug-likeness (QED) is 0.763. The van der Waals surface area contributed by atoms with Crippen LogP contribution in [0.1, 0.15) is 18.4 Å². The number of carbonyl (C=O) groups excluding carboxylic acids is 1. The molecule has 1 aliphatic rings. The van der Waals surface area contributed by atoms with Crippen LogP contribution < -0.4 is 0 Å². The third-order valence-electron chi connectivity index (χ3n) is 3.56. The standard InChI is InChI=1S/C14H12FNO2/c1-18-13(17)14(6-7-14)10-4-5-11(15)12-9(10)3-2-8-16-12/h2-5,8H,6-7H2,1H3. The van der Waals surface area contributed by atoms with Gasteiger partial charge in [0.25, 0.3) is 0 Å². The number of fused-ring (bicyclic) bond motifs is 1. The van der Waals surface area contributed by atoms with Gasteiger partial charge in [-0.15, -0.1) is 0 Å². The third-order valence-corrected chi connectivity index (χ3v) is 3.56. The van der Waals surface area contributed by atoms with Crippen molar-refractivity contribution in [1.29, 1.82) is 0 Å². The van der Waals surface area contributed by atoms with Gasteiger partial charge >= 0.3 is 5.97 Å². The molecule has 1 aliphatic carbocycles. The van der Waals surface area contributed by atoms with E-state index in [0.29, 0.717) is 10.9 Å². The molecule has 0 aliphatic heterocycles. The molecule has 0 unspecified atom stereocenters. The van der Waals surface area contributed by atoms with Gasteiger partial charge in [-0.05, 0) is 30.5 Å². The number of hydrogen-bond acceptors (Lipinski definition) is 3. The zero-order chi connectivity index (χ0) is 12.8.